The van der Waals surface area contributed by atoms with Crippen LogP contribution < -0.4 is 5.32 Å². The highest BCUT2D eigenvalue weighted by Gasteiger charge is 2.13. The topological polar surface area (TPSA) is 45.2 Å². The molecule has 1 amide bonds. The van der Waals surface area contributed by atoms with Gasteiger partial charge in [0.2, 0.25) is 0 Å². The zero-order valence-corrected chi connectivity index (χ0v) is 12.1. The zero-order chi connectivity index (χ0) is 13.8. The molecule has 4 nitrogen and oxygen atoms in total. The van der Waals surface area contributed by atoms with Crippen molar-refractivity contribution in [3.8, 4) is 0 Å². The summed E-state index contributed by atoms with van der Waals surface area (Å²) in [6, 6.07) is 5.62. The number of aromatic nitrogens is 1. The monoisotopic (exact) mass is 275 g/mol. The average molecular weight is 275 g/mol. The molecule has 1 N–H and O–H groups in total. The molecule has 0 saturated heterocycles. The summed E-state index contributed by atoms with van der Waals surface area (Å²) in [5.74, 6) is 0.723. The number of carbonyl (C=O) groups excluding carboxylic acids is 1. The molecule has 0 unspecified atom stereocenters. The number of amides is 1. The summed E-state index contributed by atoms with van der Waals surface area (Å²) in [4.78, 5) is 18.4. The molecule has 0 aliphatic rings. The van der Waals surface area contributed by atoms with Crippen LogP contribution in [-0.2, 0) is 6.54 Å². The minimum absolute atomic E-state index is 0.00759. The Balaban J connectivity index is 2.16. The van der Waals surface area contributed by atoms with Crippen LogP contribution in [0.4, 0.5) is 5.82 Å². The molecule has 19 heavy (non-hydrogen) atoms. The first-order valence-corrected chi connectivity index (χ1v) is 6.97. The van der Waals surface area contributed by atoms with E-state index in [1.807, 2.05) is 31.5 Å². The normalized spacial score (nSPS) is 10.3. The van der Waals surface area contributed by atoms with Gasteiger partial charge in [0.15, 0.2) is 0 Å². The maximum atomic E-state index is 12.4. The van der Waals surface area contributed by atoms with E-state index in [9.17, 15) is 4.79 Å². The second-order valence-electron chi connectivity index (χ2n) is 4.43. The van der Waals surface area contributed by atoms with Crippen LogP contribution >= 0.6 is 11.3 Å². The lowest BCUT2D eigenvalue weighted by molar-refractivity contribution is 0.0785. The van der Waals surface area contributed by atoms with E-state index >= 15 is 0 Å². The number of hydrogen-bond acceptors (Lipinski definition) is 4. The third kappa shape index (κ3) is 3.32. The van der Waals surface area contributed by atoms with Crippen molar-refractivity contribution < 1.29 is 4.79 Å². The van der Waals surface area contributed by atoms with Gasteiger partial charge in [-0.25, -0.2) is 4.98 Å². The van der Waals surface area contributed by atoms with Crippen molar-refractivity contribution in [3.63, 3.8) is 0 Å². The van der Waals surface area contributed by atoms with Gasteiger partial charge in [-0.3, -0.25) is 4.79 Å². The Labute approximate surface area is 117 Å². The van der Waals surface area contributed by atoms with Crippen molar-refractivity contribution in [2.24, 2.45) is 0 Å². The van der Waals surface area contributed by atoms with Crippen molar-refractivity contribution >= 4 is 23.1 Å². The van der Waals surface area contributed by atoms with Crippen molar-refractivity contribution in [3.05, 3.63) is 45.8 Å². The molecule has 0 radical (unpaired) electrons. The molecule has 0 spiro atoms. The highest BCUT2D eigenvalue weighted by atomic mass is 32.1. The van der Waals surface area contributed by atoms with Crippen LogP contribution in [0.15, 0.2) is 29.0 Å². The van der Waals surface area contributed by atoms with Gasteiger partial charge in [-0.05, 0) is 41.4 Å². The maximum absolute atomic E-state index is 12.4. The van der Waals surface area contributed by atoms with E-state index in [0.29, 0.717) is 17.9 Å². The predicted molar refractivity (Wildman–Crippen MR) is 78.6 cm³/mol. The Kier molecular flexibility index (Phi) is 4.16. The second-order valence-corrected chi connectivity index (χ2v) is 5.21. The lowest BCUT2D eigenvalue weighted by Gasteiger charge is -2.17. The van der Waals surface area contributed by atoms with Gasteiger partial charge in [-0.2, -0.15) is 11.3 Å². The summed E-state index contributed by atoms with van der Waals surface area (Å²) in [5, 5.41) is 7.04. The second kappa shape index (κ2) is 5.84. The first-order chi connectivity index (χ1) is 9.10. The summed E-state index contributed by atoms with van der Waals surface area (Å²) in [5.41, 5.74) is 2.65. The summed E-state index contributed by atoms with van der Waals surface area (Å²) >= 11 is 1.64. The highest BCUT2D eigenvalue weighted by molar-refractivity contribution is 7.07. The van der Waals surface area contributed by atoms with Crippen molar-refractivity contribution in [2.75, 3.05) is 19.4 Å². The van der Waals surface area contributed by atoms with Gasteiger partial charge in [0.05, 0.1) is 0 Å². The molecule has 0 saturated carbocycles. The fourth-order valence-electron chi connectivity index (χ4n) is 1.87. The fraction of sp³-hybridized carbons (Fsp3) is 0.286. The zero-order valence-electron chi connectivity index (χ0n) is 11.3. The predicted octanol–water partition coefficient (Wildman–Crippen LogP) is 2.77. The summed E-state index contributed by atoms with van der Waals surface area (Å²) < 4.78 is 0. The van der Waals surface area contributed by atoms with E-state index in [1.54, 1.807) is 29.4 Å². The molecule has 2 rings (SSSR count). The van der Waals surface area contributed by atoms with E-state index in [2.05, 4.69) is 15.7 Å². The van der Waals surface area contributed by atoms with Gasteiger partial charge in [0.25, 0.3) is 5.91 Å². The number of anilines is 1. The molecule has 2 aromatic rings. The van der Waals surface area contributed by atoms with Crippen LogP contribution in [0, 0.1) is 6.92 Å². The molecule has 0 aliphatic heterocycles. The fourth-order valence-corrected chi connectivity index (χ4v) is 2.53. The van der Waals surface area contributed by atoms with Crippen molar-refractivity contribution in [1.29, 1.82) is 0 Å². The van der Waals surface area contributed by atoms with Gasteiger partial charge in [0.1, 0.15) is 5.82 Å². The Morgan fingerprint density at radius 3 is 2.89 bits per heavy atom. The van der Waals surface area contributed by atoms with Crippen molar-refractivity contribution in [1.82, 2.24) is 9.88 Å². The number of pyridine rings is 1. The summed E-state index contributed by atoms with van der Waals surface area (Å²) in [6.45, 7) is 2.51. The smallest absolute Gasteiger partial charge is 0.254 e. The van der Waals surface area contributed by atoms with Crippen LogP contribution in [0.5, 0.6) is 0 Å². The molecular weight excluding hydrogens is 258 g/mol. The first kappa shape index (κ1) is 13.5. The van der Waals surface area contributed by atoms with Crippen LogP contribution in [-0.4, -0.2) is 29.9 Å². The lowest BCUT2D eigenvalue weighted by Crippen LogP contribution is -2.26. The van der Waals surface area contributed by atoms with Crippen LogP contribution in [0.3, 0.4) is 0 Å². The summed E-state index contributed by atoms with van der Waals surface area (Å²) in [6.07, 6.45) is 0. The Morgan fingerprint density at radius 1 is 1.47 bits per heavy atom. The van der Waals surface area contributed by atoms with E-state index in [0.717, 1.165) is 11.3 Å². The Bertz CT molecular complexity index is 566. The Morgan fingerprint density at radius 2 is 2.26 bits per heavy atom. The number of thiophene rings is 1. The van der Waals surface area contributed by atoms with Gasteiger partial charge in [-0.15, -0.1) is 0 Å². The quantitative estimate of drug-likeness (QED) is 0.933. The maximum Gasteiger partial charge on any atom is 0.254 e. The lowest BCUT2D eigenvalue weighted by atomic mass is 10.2. The van der Waals surface area contributed by atoms with Gasteiger partial charge in [-0.1, -0.05) is 0 Å². The molecule has 2 heterocycles. The van der Waals surface area contributed by atoms with E-state index in [4.69, 9.17) is 0 Å². The molecule has 0 bridgehead atoms. The summed E-state index contributed by atoms with van der Waals surface area (Å²) in [7, 11) is 3.61. The average Bonchev–Trinajstić information content (AvgIpc) is 2.89. The molecule has 5 heteroatoms. The highest BCUT2D eigenvalue weighted by Crippen LogP contribution is 2.14. The standard InChI is InChI=1S/C14H17N3OS/c1-10-6-12(7-13(15-2)16-10)14(18)17(3)8-11-4-5-19-9-11/h4-7,9H,8H2,1-3H3,(H,15,16). The molecule has 2 aromatic heterocycles. The first-order valence-electron chi connectivity index (χ1n) is 6.03. The molecule has 100 valence electrons. The minimum Gasteiger partial charge on any atom is -0.373 e. The molecular formula is C14H17N3OS. The number of rotatable bonds is 4. The van der Waals surface area contributed by atoms with E-state index in [-0.39, 0.29) is 5.91 Å². The van der Waals surface area contributed by atoms with Gasteiger partial charge >= 0.3 is 0 Å². The largest absolute Gasteiger partial charge is 0.373 e. The third-order valence-electron chi connectivity index (χ3n) is 2.80. The minimum atomic E-state index is 0.00759. The number of carbonyl (C=O) groups is 1. The Hall–Kier alpha value is -1.88. The number of nitrogens with one attached hydrogen (secondary N) is 1. The van der Waals surface area contributed by atoms with Crippen LogP contribution in [0.25, 0.3) is 0 Å². The number of hydrogen-bond donors (Lipinski definition) is 1. The molecule has 0 aliphatic carbocycles. The van der Waals surface area contributed by atoms with Crippen LogP contribution in [0.2, 0.25) is 0 Å². The van der Waals surface area contributed by atoms with Gasteiger partial charge in [0, 0.05) is 31.9 Å². The molecule has 0 aromatic carbocycles. The van der Waals surface area contributed by atoms with E-state index in [1.165, 1.54) is 0 Å². The van der Waals surface area contributed by atoms with E-state index < -0.39 is 0 Å². The third-order valence-corrected chi connectivity index (χ3v) is 3.54. The SMILES string of the molecule is CNc1cc(C(=O)N(C)Cc2ccsc2)cc(C)n1. The van der Waals surface area contributed by atoms with Gasteiger partial charge < -0.3 is 10.2 Å². The van der Waals surface area contributed by atoms with Crippen molar-refractivity contribution in [2.45, 2.75) is 13.5 Å². The molecule has 0 fully saturated rings. The van der Waals surface area contributed by atoms with Crippen LogP contribution in [0.1, 0.15) is 21.6 Å². The molecule has 0 atom stereocenters. The number of nitrogens with zero attached hydrogens (tertiary/aromatic N) is 2. The number of aryl methyl sites for hydroxylation is 1.